The molecule has 0 aliphatic carbocycles. The first-order valence-corrected chi connectivity index (χ1v) is 10.4. The molecule has 0 saturated carbocycles. The number of carbonyl (C=O) groups excluding carboxylic acids is 1. The van der Waals surface area contributed by atoms with E-state index in [1.807, 2.05) is 6.92 Å². The van der Waals surface area contributed by atoms with Crippen LogP contribution >= 0.6 is 15.9 Å². The summed E-state index contributed by atoms with van der Waals surface area (Å²) in [7, 11) is 0. The summed E-state index contributed by atoms with van der Waals surface area (Å²) in [5.41, 5.74) is 1.05. The number of nitrogens with one attached hydrogen (secondary N) is 2. The van der Waals surface area contributed by atoms with E-state index in [9.17, 15) is 4.79 Å². The van der Waals surface area contributed by atoms with Gasteiger partial charge in [-0.3, -0.25) is 14.6 Å². The van der Waals surface area contributed by atoms with E-state index in [1.54, 1.807) is 9.80 Å². The number of hydrogen-bond donors (Lipinski definition) is 2. The topological polar surface area (TPSA) is 35.2 Å². The second kappa shape index (κ2) is 6.07. The second-order valence-corrected chi connectivity index (χ2v) is 9.41. The van der Waals surface area contributed by atoms with E-state index in [2.05, 4.69) is 48.0 Å². The maximum absolute atomic E-state index is 13.2. The molecule has 25 heavy (non-hydrogen) atoms. The summed E-state index contributed by atoms with van der Waals surface area (Å²) in [4.78, 5) is 16.4. The van der Waals surface area contributed by atoms with Crippen LogP contribution in [-0.4, -0.2) is 38.6 Å². The molecular weight excluding hydrogens is 380 g/mol. The monoisotopic (exact) mass is 408 g/mol. The first kappa shape index (κ1) is 17.5. The van der Waals surface area contributed by atoms with Gasteiger partial charge in [-0.25, -0.2) is 0 Å². The number of Topliss-reactive ketones (excluding diaryl/α,β-unsaturated/α-hetero) is 1. The first-order valence-electron chi connectivity index (χ1n) is 9.59. The number of rotatable bonds is 5. The van der Waals surface area contributed by atoms with Crippen molar-refractivity contribution in [1.29, 1.82) is 0 Å². The molecule has 4 fully saturated rings. The SMILES string of the molecule is CCCC12C[NH+]3CC(C)(C[NH+](C1)C3c1cc(Br)ccc1OCC)C2=O. The Labute approximate surface area is 158 Å². The minimum atomic E-state index is -0.148. The van der Waals surface area contributed by atoms with Gasteiger partial charge in [0.15, 0.2) is 5.78 Å². The van der Waals surface area contributed by atoms with Crippen LogP contribution in [0.15, 0.2) is 22.7 Å². The van der Waals surface area contributed by atoms with Crippen LogP contribution in [0.4, 0.5) is 0 Å². The zero-order chi connectivity index (χ0) is 17.8. The molecule has 4 heterocycles. The number of ether oxygens (including phenoxy) is 1. The number of quaternary nitrogens is 2. The molecule has 4 bridgehead atoms. The van der Waals surface area contributed by atoms with E-state index < -0.39 is 0 Å². The maximum atomic E-state index is 13.2. The Morgan fingerprint density at radius 2 is 1.88 bits per heavy atom. The van der Waals surface area contributed by atoms with Gasteiger partial charge in [0.1, 0.15) is 48.3 Å². The quantitative estimate of drug-likeness (QED) is 0.762. The molecule has 0 aromatic heterocycles. The highest BCUT2D eigenvalue weighted by Crippen LogP contribution is 2.40. The van der Waals surface area contributed by atoms with E-state index >= 15 is 0 Å². The van der Waals surface area contributed by atoms with Crippen molar-refractivity contribution in [2.45, 2.75) is 39.8 Å². The Kier molecular flexibility index (Phi) is 4.25. The van der Waals surface area contributed by atoms with Crippen molar-refractivity contribution >= 4 is 21.7 Å². The third kappa shape index (κ3) is 2.58. The first-order chi connectivity index (χ1) is 11.9. The van der Waals surface area contributed by atoms with Crippen LogP contribution in [0.25, 0.3) is 0 Å². The van der Waals surface area contributed by atoms with E-state index in [-0.39, 0.29) is 10.8 Å². The van der Waals surface area contributed by atoms with Crippen molar-refractivity contribution in [1.82, 2.24) is 0 Å². The van der Waals surface area contributed by atoms with Gasteiger partial charge in [-0.2, -0.15) is 0 Å². The summed E-state index contributed by atoms with van der Waals surface area (Å²) in [5.74, 6) is 1.55. The average Bonchev–Trinajstić information content (AvgIpc) is 2.54. The molecule has 0 spiro atoms. The molecule has 4 saturated heterocycles. The highest BCUT2D eigenvalue weighted by Gasteiger charge is 2.69. The van der Waals surface area contributed by atoms with Crippen LogP contribution in [-0.2, 0) is 4.79 Å². The summed E-state index contributed by atoms with van der Waals surface area (Å²) in [6, 6.07) is 6.38. The lowest BCUT2D eigenvalue weighted by molar-refractivity contribution is -1.18. The Hall–Kier alpha value is -0.910. The van der Waals surface area contributed by atoms with Gasteiger partial charge in [-0.1, -0.05) is 29.3 Å². The van der Waals surface area contributed by atoms with E-state index in [0.717, 1.165) is 49.2 Å². The van der Waals surface area contributed by atoms with E-state index in [0.29, 0.717) is 18.6 Å². The number of piperidine rings is 2. The molecule has 1 aromatic carbocycles. The predicted octanol–water partition coefficient (Wildman–Crippen LogP) is 1.02. The van der Waals surface area contributed by atoms with Crippen molar-refractivity contribution < 1.29 is 19.3 Å². The van der Waals surface area contributed by atoms with E-state index in [4.69, 9.17) is 4.74 Å². The number of hydrogen-bond acceptors (Lipinski definition) is 2. The van der Waals surface area contributed by atoms with Crippen molar-refractivity contribution in [2.24, 2.45) is 10.8 Å². The fourth-order valence-electron chi connectivity index (χ4n) is 6.02. The normalized spacial score (nSPS) is 39.0. The van der Waals surface area contributed by atoms with Gasteiger partial charge in [-0.05, 0) is 38.5 Å². The Morgan fingerprint density at radius 3 is 2.48 bits per heavy atom. The van der Waals surface area contributed by atoms with Crippen LogP contribution in [0.5, 0.6) is 5.75 Å². The van der Waals surface area contributed by atoms with Crippen molar-refractivity contribution in [2.75, 3.05) is 32.8 Å². The van der Waals surface area contributed by atoms with Crippen LogP contribution in [0.1, 0.15) is 45.3 Å². The molecule has 2 atom stereocenters. The molecule has 1 aromatic rings. The zero-order valence-corrected chi connectivity index (χ0v) is 17.0. The Balaban J connectivity index is 1.74. The number of carbonyl (C=O) groups is 1. The molecule has 136 valence electrons. The summed E-state index contributed by atoms with van der Waals surface area (Å²) in [6.45, 7) is 11.0. The smallest absolute Gasteiger partial charge is 0.244 e. The standard InChI is InChI=1S/C20H27BrN2O2/c1-4-8-20-12-22-10-19(3,18(20)24)11-23(13-20)17(22)15-9-14(21)6-7-16(15)25-5-2/h6-7,9,17H,4-5,8,10-13H2,1-3H3/p+2. The lowest BCUT2D eigenvalue weighted by Crippen LogP contribution is -3.41. The molecule has 4 aliphatic heterocycles. The largest absolute Gasteiger partial charge is 0.493 e. The molecular formula is C20H29BrN2O2+2. The molecule has 0 amide bonds. The number of benzene rings is 1. The molecule has 4 nitrogen and oxygen atoms in total. The van der Waals surface area contributed by atoms with Crippen LogP contribution < -0.4 is 14.5 Å². The minimum Gasteiger partial charge on any atom is -0.493 e. The molecule has 2 unspecified atom stereocenters. The van der Waals surface area contributed by atoms with Gasteiger partial charge < -0.3 is 4.74 Å². The van der Waals surface area contributed by atoms with Gasteiger partial charge in [0.05, 0.1) is 6.61 Å². The molecule has 4 aliphatic rings. The second-order valence-electron chi connectivity index (χ2n) is 8.49. The van der Waals surface area contributed by atoms with Crippen LogP contribution in [0, 0.1) is 10.8 Å². The molecule has 5 rings (SSSR count). The van der Waals surface area contributed by atoms with E-state index in [1.165, 1.54) is 5.56 Å². The van der Waals surface area contributed by atoms with Crippen LogP contribution in [0.3, 0.4) is 0 Å². The van der Waals surface area contributed by atoms with Crippen molar-refractivity contribution in [3.05, 3.63) is 28.2 Å². The minimum absolute atomic E-state index is 0.0983. The zero-order valence-electron chi connectivity index (χ0n) is 15.5. The van der Waals surface area contributed by atoms with Crippen LogP contribution in [0.2, 0.25) is 0 Å². The third-order valence-corrected chi connectivity index (χ3v) is 7.02. The lowest BCUT2D eigenvalue weighted by Gasteiger charge is -2.59. The summed E-state index contributed by atoms with van der Waals surface area (Å²) in [5, 5.41) is 0. The van der Waals surface area contributed by atoms with Gasteiger partial charge in [0.25, 0.3) is 0 Å². The predicted molar refractivity (Wildman–Crippen MR) is 99.9 cm³/mol. The third-order valence-electron chi connectivity index (χ3n) is 6.52. The highest BCUT2D eigenvalue weighted by atomic mass is 79.9. The molecule has 5 heteroatoms. The fraction of sp³-hybridized carbons (Fsp3) is 0.650. The summed E-state index contributed by atoms with van der Waals surface area (Å²) >= 11 is 3.64. The van der Waals surface area contributed by atoms with Gasteiger partial charge in [0.2, 0.25) is 6.17 Å². The van der Waals surface area contributed by atoms with Crippen molar-refractivity contribution in [3.8, 4) is 5.75 Å². The molecule has 0 radical (unpaired) electrons. The molecule has 2 N–H and O–H groups in total. The Bertz CT molecular complexity index is 689. The average molecular weight is 409 g/mol. The lowest BCUT2D eigenvalue weighted by atomic mass is 9.59. The maximum Gasteiger partial charge on any atom is 0.244 e. The van der Waals surface area contributed by atoms with Gasteiger partial charge in [-0.15, -0.1) is 0 Å². The van der Waals surface area contributed by atoms with Crippen molar-refractivity contribution in [3.63, 3.8) is 0 Å². The van der Waals surface area contributed by atoms with Gasteiger partial charge in [0, 0.05) is 4.47 Å². The highest BCUT2D eigenvalue weighted by molar-refractivity contribution is 9.10. The number of ketones is 1. The summed E-state index contributed by atoms with van der Waals surface area (Å²) < 4.78 is 7.06. The Morgan fingerprint density at radius 1 is 1.20 bits per heavy atom. The van der Waals surface area contributed by atoms with Gasteiger partial charge >= 0.3 is 0 Å². The number of halogens is 1. The fourth-order valence-corrected chi connectivity index (χ4v) is 6.40. The summed E-state index contributed by atoms with van der Waals surface area (Å²) in [6.07, 6.45) is 2.51.